The molecule has 0 radical (unpaired) electrons. The van der Waals surface area contributed by atoms with Gasteiger partial charge in [-0.25, -0.2) is 8.78 Å². The molecule has 25 heavy (non-hydrogen) atoms. The Hall–Kier alpha value is -2.48. The van der Waals surface area contributed by atoms with Gasteiger partial charge in [0.25, 0.3) is 5.78 Å². The van der Waals surface area contributed by atoms with E-state index in [1.165, 1.54) is 18.0 Å². The number of benzene rings is 1. The topological polar surface area (TPSA) is 55.5 Å². The highest BCUT2D eigenvalue weighted by molar-refractivity contribution is 6.33. The Bertz CT molecular complexity index is 903. The Morgan fingerprint density at radius 3 is 2.36 bits per heavy atom. The molecule has 1 aromatic carbocycles. The molecule has 6 nitrogen and oxygen atoms in total. The number of halogens is 3. The molecule has 0 aliphatic rings. The first-order valence-corrected chi connectivity index (χ1v) is 8.07. The van der Waals surface area contributed by atoms with Crippen LogP contribution in [0.1, 0.15) is 13.8 Å². The highest BCUT2D eigenvalue weighted by Crippen LogP contribution is 2.40. The van der Waals surface area contributed by atoms with Crippen molar-refractivity contribution in [2.75, 3.05) is 25.1 Å². The zero-order valence-electron chi connectivity index (χ0n) is 13.9. The van der Waals surface area contributed by atoms with Gasteiger partial charge in [-0.1, -0.05) is 11.6 Å². The maximum Gasteiger partial charge on any atom is 0.255 e. The molecule has 0 unspecified atom stereocenters. The molecule has 0 fully saturated rings. The van der Waals surface area contributed by atoms with Gasteiger partial charge in [0.1, 0.15) is 34.7 Å². The second kappa shape index (κ2) is 6.79. The van der Waals surface area contributed by atoms with Crippen molar-refractivity contribution in [2.24, 2.45) is 0 Å². The third-order valence-corrected chi connectivity index (χ3v) is 4.20. The van der Waals surface area contributed by atoms with Crippen LogP contribution in [0.15, 0.2) is 18.5 Å². The van der Waals surface area contributed by atoms with Crippen LogP contribution in [-0.2, 0) is 0 Å². The average molecular weight is 368 g/mol. The molecular formula is C16H16ClF2N5O. The number of aromatic nitrogens is 4. The lowest BCUT2D eigenvalue weighted by Crippen LogP contribution is -2.26. The van der Waals surface area contributed by atoms with Crippen molar-refractivity contribution in [3.63, 3.8) is 0 Å². The SMILES string of the molecule is CCN(CC)c1c(-c2c(F)cc(OC)cc2F)c(Cl)nc2ncnn12. The van der Waals surface area contributed by atoms with Crippen molar-refractivity contribution in [3.8, 4) is 16.9 Å². The van der Waals surface area contributed by atoms with E-state index in [0.29, 0.717) is 18.9 Å². The van der Waals surface area contributed by atoms with Crippen LogP contribution in [0.25, 0.3) is 16.9 Å². The molecule has 2 aromatic heterocycles. The fraction of sp³-hybridized carbons (Fsp3) is 0.312. The van der Waals surface area contributed by atoms with Crippen LogP contribution in [-0.4, -0.2) is 39.8 Å². The molecule has 3 aromatic rings. The summed E-state index contributed by atoms with van der Waals surface area (Å²) in [5.74, 6) is -0.832. The van der Waals surface area contributed by atoms with Gasteiger partial charge in [-0.15, -0.1) is 0 Å². The molecule has 9 heteroatoms. The monoisotopic (exact) mass is 367 g/mol. The minimum atomic E-state index is -0.798. The van der Waals surface area contributed by atoms with E-state index in [-0.39, 0.29) is 27.8 Å². The largest absolute Gasteiger partial charge is 0.497 e. The quantitative estimate of drug-likeness (QED) is 0.645. The Labute approximate surface area is 148 Å². The molecule has 0 bridgehead atoms. The minimum Gasteiger partial charge on any atom is -0.497 e. The van der Waals surface area contributed by atoms with E-state index in [9.17, 15) is 8.78 Å². The van der Waals surface area contributed by atoms with Gasteiger partial charge in [-0.3, -0.25) is 0 Å². The van der Waals surface area contributed by atoms with Crippen molar-refractivity contribution in [1.29, 1.82) is 0 Å². The third-order valence-electron chi connectivity index (χ3n) is 3.92. The Balaban J connectivity index is 2.40. The number of hydrogen-bond donors (Lipinski definition) is 0. The van der Waals surface area contributed by atoms with Crippen LogP contribution in [0.3, 0.4) is 0 Å². The summed E-state index contributed by atoms with van der Waals surface area (Å²) in [7, 11) is 1.34. The van der Waals surface area contributed by atoms with Gasteiger partial charge in [-0.2, -0.15) is 19.6 Å². The van der Waals surface area contributed by atoms with Crippen LogP contribution < -0.4 is 9.64 Å². The molecule has 0 amide bonds. The lowest BCUT2D eigenvalue weighted by Gasteiger charge is -2.25. The van der Waals surface area contributed by atoms with E-state index < -0.39 is 11.6 Å². The Morgan fingerprint density at radius 2 is 1.80 bits per heavy atom. The summed E-state index contributed by atoms with van der Waals surface area (Å²) in [6.45, 7) is 5.01. The highest BCUT2D eigenvalue weighted by Gasteiger charge is 2.26. The van der Waals surface area contributed by atoms with Crippen molar-refractivity contribution in [3.05, 3.63) is 35.2 Å². The van der Waals surface area contributed by atoms with Gasteiger partial charge < -0.3 is 9.64 Å². The lowest BCUT2D eigenvalue weighted by molar-refractivity contribution is 0.407. The Morgan fingerprint density at radius 1 is 1.16 bits per heavy atom. The first kappa shape index (κ1) is 17.3. The standard InChI is InChI=1S/C16H16ClF2N5O/c1-4-23(5-2)15-13(14(17)22-16-20-8-21-24(15)16)12-10(18)6-9(25-3)7-11(12)19/h6-8H,4-5H2,1-3H3. The fourth-order valence-corrected chi connectivity index (χ4v) is 2.99. The van der Waals surface area contributed by atoms with E-state index >= 15 is 0 Å². The number of rotatable bonds is 5. The highest BCUT2D eigenvalue weighted by atomic mass is 35.5. The van der Waals surface area contributed by atoms with Crippen LogP contribution in [0, 0.1) is 11.6 Å². The molecule has 0 atom stereocenters. The van der Waals surface area contributed by atoms with Crippen molar-refractivity contribution in [2.45, 2.75) is 13.8 Å². The number of methoxy groups -OCH3 is 1. The van der Waals surface area contributed by atoms with Crippen LogP contribution in [0.5, 0.6) is 5.75 Å². The number of hydrogen-bond acceptors (Lipinski definition) is 5. The second-order valence-corrected chi connectivity index (χ2v) is 5.57. The molecule has 132 valence electrons. The first-order chi connectivity index (χ1) is 12.0. The number of anilines is 1. The van der Waals surface area contributed by atoms with Crippen LogP contribution in [0.2, 0.25) is 5.15 Å². The first-order valence-electron chi connectivity index (χ1n) is 7.69. The summed E-state index contributed by atoms with van der Waals surface area (Å²) < 4.78 is 35.7. The summed E-state index contributed by atoms with van der Waals surface area (Å²) in [4.78, 5) is 10.0. The summed E-state index contributed by atoms with van der Waals surface area (Å²) in [5, 5.41) is 4.08. The molecule has 0 aliphatic carbocycles. The van der Waals surface area contributed by atoms with Crippen molar-refractivity contribution < 1.29 is 13.5 Å². The van der Waals surface area contributed by atoms with E-state index in [4.69, 9.17) is 16.3 Å². The summed E-state index contributed by atoms with van der Waals surface area (Å²) in [5.41, 5.74) is -0.154. The van der Waals surface area contributed by atoms with Crippen LogP contribution >= 0.6 is 11.6 Å². The smallest absolute Gasteiger partial charge is 0.255 e. The normalized spacial score (nSPS) is 11.1. The molecule has 3 rings (SSSR count). The average Bonchev–Trinajstić information content (AvgIpc) is 3.04. The van der Waals surface area contributed by atoms with Gasteiger partial charge in [0.05, 0.1) is 18.2 Å². The molecular weight excluding hydrogens is 352 g/mol. The summed E-state index contributed by atoms with van der Waals surface area (Å²) in [6, 6.07) is 2.21. The molecule has 2 heterocycles. The van der Waals surface area contributed by atoms with Crippen molar-refractivity contribution >= 4 is 23.2 Å². The molecule has 0 N–H and O–H groups in total. The number of fused-ring (bicyclic) bond motifs is 1. The number of nitrogens with zero attached hydrogens (tertiary/aromatic N) is 5. The zero-order chi connectivity index (χ0) is 18.1. The number of ether oxygens (including phenoxy) is 1. The second-order valence-electron chi connectivity index (χ2n) is 5.21. The maximum absolute atomic E-state index is 14.7. The van der Waals surface area contributed by atoms with Gasteiger partial charge in [0.2, 0.25) is 0 Å². The predicted octanol–water partition coefficient (Wildman–Crippen LogP) is 3.58. The minimum absolute atomic E-state index is 0.0506. The molecule has 0 aliphatic heterocycles. The lowest BCUT2D eigenvalue weighted by atomic mass is 10.1. The predicted molar refractivity (Wildman–Crippen MR) is 91.3 cm³/mol. The fourth-order valence-electron chi connectivity index (χ4n) is 2.74. The van der Waals surface area contributed by atoms with E-state index in [0.717, 1.165) is 12.1 Å². The van der Waals surface area contributed by atoms with Gasteiger partial charge in [0.15, 0.2) is 0 Å². The molecule has 0 saturated heterocycles. The van der Waals surface area contributed by atoms with E-state index in [1.54, 1.807) is 0 Å². The van der Waals surface area contributed by atoms with Gasteiger partial charge in [0, 0.05) is 25.2 Å². The van der Waals surface area contributed by atoms with Crippen molar-refractivity contribution in [1.82, 2.24) is 19.6 Å². The summed E-state index contributed by atoms with van der Waals surface area (Å²) in [6.07, 6.45) is 1.32. The maximum atomic E-state index is 14.7. The summed E-state index contributed by atoms with van der Waals surface area (Å²) >= 11 is 6.29. The van der Waals surface area contributed by atoms with Crippen LogP contribution in [0.4, 0.5) is 14.6 Å². The van der Waals surface area contributed by atoms with Gasteiger partial charge >= 0.3 is 0 Å². The zero-order valence-corrected chi connectivity index (χ0v) is 14.7. The molecule has 0 saturated carbocycles. The molecule has 0 spiro atoms. The Kier molecular flexibility index (Phi) is 4.71. The van der Waals surface area contributed by atoms with Gasteiger partial charge in [-0.05, 0) is 13.8 Å². The van der Waals surface area contributed by atoms with E-state index in [1.807, 2.05) is 18.7 Å². The van der Waals surface area contributed by atoms with E-state index in [2.05, 4.69) is 15.1 Å². The third kappa shape index (κ3) is 2.86.